The van der Waals surface area contributed by atoms with Crippen LogP contribution >= 0.6 is 0 Å². The van der Waals surface area contributed by atoms with Crippen LogP contribution in [-0.4, -0.2) is 62.1 Å². The van der Waals surface area contributed by atoms with Gasteiger partial charge in [0, 0.05) is 45.3 Å². The van der Waals surface area contributed by atoms with Crippen molar-refractivity contribution in [2.24, 2.45) is 0 Å². The molecule has 0 bridgehead atoms. The number of likely N-dealkylation sites (N-methyl/N-ethyl adjacent to an activating group) is 1. The normalized spacial score (nSPS) is 10.4. The van der Waals surface area contributed by atoms with Gasteiger partial charge in [-0.05, 0) is 26.2 Å². The van der Waals surface area contributed by atoms with Gasteiger partial charge in [-0.1, -0.05) is 0 Å². The highest BCUT2D eigenvalue weighted by Crippen LogP contribution is 2.13. The monoisotopic (exact) mass is 236 g/mol. The van der Waals surface area contributed by atoms with Crippen LogP contribution in [0.25, 0.3) is 0 Å². The molecule has 0 aromatic carbocycles. The molecule has 17 heavy (non-hydrogen) atoms. The number of urea groups is 1. The molecule has 0 fully saturated rings. The molecule has 0 unspecified atom stereocenters. The number of anilines is 1. The van der Waals surface area contributed by atoms with Crippen LogP contribution in [0.2, 0.25) is 0 Å². The summed E-state index contributed by atoms with van der Waals surface area (Å²) < 4.78 is 0. The fourth-order valence-corrected chi connectivity index (χ4v) is 1.40. The highest BCUT2D eigenvalue weighted by molar-refractivity contribution is 5.91. The van der Waals surface area contributed by atoms with Crippen LogP contribution in [0.5, 0.6) is 0 Å². The first-order chi connectivity index (χ1) is 8.02. The maximum Gasteiger partial charge on any atom is 0.323 e. The lowest BCUT2D eigenvalue weighted by molar-refractivity contribution is 0.223. The first-order valence-corrected chi connectivity index (χ1v) is 5.56. The van der Waals surface area contributed by atoms with E-state index in [9.17, 15) is 4.79 Å². The molecule has 0 N–H and O–H groups in total. The Hall–Kier alpha value is -1.62. The van der Waals surface area contributed by atoms with Gasteiger partial charge in [0.15, 0.2) is 0 Å². The Balaban J connectivity index is 2.83. The van der Waals surface area contributed by atoms with Gasteiger partial charge in [-0.2, -0.15) is 0 Å². The molecule has 94 valence electrons. The number of carbonyl (C=O) groups excluding carboxylic acids is 1. The average molecular weight is 236 g/mol. The molecule has 0 aliphatic rings. The topological polar surface area (TPSA) is 39.7 Å². The Kier molecular flexibility index (Phi) is 4.90. The molecule has 0 radical (unpaired) electrons. The minimum absolute atomic E-state index is 0.0157. The van der Waals surface area contributed by atoms with Gasteiger partial charge in [-0.15, -0.1) is 0 Å². The zero-order valence-corrected chi connectivity index (χ0v) is 10.9. The van der Waals surface area contributed by atoms with Crippen molar-refractivity contribution in [3.8, 4) is 0 Å². The van der Waals surface area contributed by atoms with E-state index in [1.807, 2.05) is 26.2 Å². The lowest BCUT2D eigenvalue weighted by atomic mass is 10.3. The number of carbonyl (C=O) groups is 1. The van der Waals surface area contributed by atoms with E-state index >= 15 is 0 Å². The molecule has 2 amide bonds. The van der Waals surface area contributed by atoms with Gasteiger partial charge < -0.3 is 9.80 Å². The van der Waals surface area contributed by atoms with E-state index in [1.165, 1.54) is 0 Å². The molecule has 0 saturated carbocycles. The summed E-state index contributed by atoms with van der Waals surface area (Å²) in [5.74, 6) is 0. The fraction of sp³-hybridized carbons (Fsp3) is 0.500. The maximum absolute atomic E-state index is 12.1. The third-order valence-electron chi connectivity index (χ3n) is 2.36. The molecular weight excluding hydrogens is 216 g/mol. The van der Waals surface area contributed by atoms with Gasteiger partial charge in [-0.3, -0.25) is 9.88 Å². The molecule has 5 heteroatoms. The minimum atomic E-state index is -0.0157. The van der Waals surface area contributed by atoms with Crippen molar-refractivity contribution in [2.45, 2.75) is 0 Å². The van der Waals surface area contributed by atoms with E-state index in [0.717, 1.165) is 12.2 Å². The van der Waals surface area contributed by atoms with Gasteiger partial charge >= 0.3 is 6.03 Å². The SMILES string of the molecule is CN(C)CCN(C(=O)N(C)C)c1ccncc1. The van der Waals surface area contributed by atoms with E-state index in [4.69, 9.17) is 0 Å². The second-order valence-corrected chi connectivity index (χ2v) is 4.34. The fourth-order valence-electron chi connectivity index (χ4n) is 1.40. The zero-order valence-electron chi connectivity index (χ0n) is 10.9. The van der Waals surface area contributed by atoms with Crippen molar-refractivity contribution in [2.75, 3.05) is 46.2 Å². The minimum Gasteiger partial charge on any atom is -0.330 e. The van der Waals surface area contributed by atoms with Gasteiger partial charge in [0.05, 0.1) is 0 Å². The van der Waals surface area contributed by atoms with Crippen LogP contribution < -0.4 is 4.90 Å². The van der Waals surface area contributed by atoms with Crippen molar-refractivity contribution < 1.29 is 4.79 Å². The van der Waals surface area contributed by atoms with Crippen molar-refractivity contribution >= 4 is 11.7 Å². The summed E-state index contributed by atoms with van der Waals surface area (Å²) in [6, 6.07) is 3.67. The molecule has 0 saturated heterocycles. The summed E-state index contributed by atoms with van der Waals surface area (Å²) in [6.07, 6.45) is 3.39. The second-order valence-electron chi connectivity index (χ2n) is 4.34. The van der Waals surface area contributed by atoms with Crippen LogP contribution in [0.15, 0.2) is 24.5 Å². The van der Waals surface area contributed by atoms with E-state index < -0.39 is 0 Å². The molecule has 0 aliphatic carbocycles. The summed E-state index contributed by atoms with van der Waals surface area (Å²) in [7, 11) is 7.49. The maximum atomic E-state index is 12.1. The van der Waals surface area contributed by atoms with Crippen LogP contribution in [0.1, 0.15) is 0 Å². The van der Waals surface area contributed by atoms with E-state index in [1.54, 1.807) is 36.3 Å². The molecular formula is C12H20N4O. The van der Waals surface area contributed by atoms with Crippen molar-refractivity contribution in [1.29, 1.82) is 0 Å². The van der Waals surface area contributed by atoms with E-state index in [2.05, 4.69) is 9.88 Å². The number of hydrogen-bond donors (Lipinski definition) is 0. The van der Waals surface area contributed by atoms with Crippen LogP contribution in [0, 0.1) is 0 Å². The summed E-state index contributed by atoms with van der Waals surface area (Å²) in [4.78, 5) is 21.4. The van der Waals surface area contributed by atoms with Crippen molar-refractivity contribution in [3.63, 3.8) is 0 Å². The highest BCUT2D eigenvalue weighted by atomic mass is 16.2. The Labute approximate surface area is 103 Å². The summed E-state index contributed by atoms with van der Waals surface area (Å²) >= 11 is 0. The Morgan fingerprint density at radius 3 is 2.18 bits per heavy atom. The number of hydrogen-bond acceptors (Lipinski definition) is 3. The molecule has 1 rings (SSSR count). The third kappa shape index (κ3) is 4.03. The summed E-state index contributed by atoms with van der Waals surface area (Å²) in [6.45, 7) is 1.48. The van der Waals surface area contributed by atoms with Gasteiger partial charge in [0.1, 0.15) is 0 Å². The number of aromatic nitrogens is 1. The number of nitrogens with zero attached hydrogens (tertiary/aromatic N) is 4. The quantitative estimate of drug-likeness (QED) is 0.787. The lowest BCUT2D eigenvalue weighted by Crippen LogP contribution is -2.42. The number of pyridine rings is 1. The molecule has 1 aromatic rings. The zero-order chi connectivity index (χ0) is 12.8. The molecule has 1 aromatic heterocycles. The summed E-state index contributed by atoms with van der Waals surface area (Å²) in [5, 5.41) is 0. The van der Waals surface area contributed by atoms with Gasteiger partial charge in [0.25, 0.3) is 0 Å². The lowest BCUT2D eigenvalue weighted by Gasteiger charge is -2.27. The predicted molar refractivity (Wildman–Crippen MR) is 69.2 cm³/mol. The molecule has 0 aliphatic heterocycles. The molecule has 0 atom stereocenters. The number of rotatable bonds is 4. The summed E-state index contributed by atoms with van der Waals surface area (Å²) in [5.41, 5.74) is 0.876. The Morgan fingerprint density at radius 1 is 1.12 bits per heavy atom. The first-order valence-electron chi connectivity index (χ1n) is 5.56. The highest BCUT2D eigenvalue weighted by Gasteiger charge is 2.17. The van der Waals surface area contributed by atoms with Crippen molar-refractivity contribution in [3.05, 3.63) is 24.5 Å². The van der Waals surface area contributed by atoms with E-state index in [-0.39, 0.29) is 6.03 Å². The second kappa shape index (κ2) is 6.20. The Morgan fingerprint density at radius 2 is 1.71 bits per heavy atom. The third-order valence-corrected chi connectivity index (χ3v) is 2.36. The standard InChI is InChI=1S/C12H20N4O/c1-14(2)9-10-16(12(17)15(3)4)11-5-7-13-8-6-11/h5-8H,9-10H2,1-4H3. The van der Waals surface area contributed by atoms with Crippen LogP contribution in [-0.2, 0) is 0 Å². The van der Waals surface area contributed by atoms with Gasteiger partial charge in [-0.25, -0.2) is 4.79 Å². The Bertz CT molecular complexity index is 351. The van der Waals surface area contributed by atoms with Gasteiger partial charge in [0.2, 0.25) is 0 Å². The molecule has 0 spiro atoms. The molecule has 1 heterocycles. The van der Waals surface area contributed by atoms with E-state index in [0.29, 0.717) is 6.54 Å². The van der Waals surface area contributed by atoms with Crippen LogP contribution in [0.3, 0.4) is 0 Å². The van der Waals surface area contributed by atoms with Crippen LogP contribution in [0.4, 0.5) is 10.5 Å². The molecule has 5 nitrogen and oxygen atoms in total. The van der Waals surface area contributed by atoms with Crippen molar-refractivity contribution in [1.82, 2.24) is 14.8 Å². The average Bonchev–Trinajstić information content (AvgIpc) is 2.30. The predicted octanol–water partition coefficient (Wildman–Crippen LogP) is 1.13. The smallest absolute Gasteiger partial charge is 0.323 e. The first kappa shape index (κ1) is 13.4. The largest absolute Gasteiger partial charge is 0.330 e. The number of amides is 2.